The molecule has 0 saturated carbocycles. The molecule has 4 rings (SSSR count). The Morgan fingerprint density at radius 2 is 1.96 bits per heavy atom. The summed E-state index contributed by atoms with van der Waals surface area (Å²) >= 11 is 0. The highest BCUT2D eigenvalue weighted by molar-refractivity contribution is 5.95. The molecule has 2 aromatic rings. The fourth-order valence-corrected chi connectivity index (χ4v) is 3.87. The van der Waals surface area contributed by atoms with E-state index in [0.29, 0.717) is 12.4 Å². The van der Waals surface area contributed by atoms with Crippen LogP contribution in [0.4, 0.5) is 5.69 Å². The molecule has 9 heteroatoms. The quantitative estimate of drug-likeness (QED) is 0.805. The van der Waals surface area contributed by atoms with Gasteiger partial charge >= 0.3 is 0 Å². The molecule has 0 bridgehead atoms. The Morgan fingerprint density at radius 1 is 1.18 bits per heavy atom. The van der Waals surface area contributed by atoms with Crippen molar-refractivity contribution in [1.29, 1.82) is 0 Å². The Hall–Kier alpha value is -2.81. The average Bonchev–Trinajstić information content (AvgIpc) is 2.94. The molecular weight excluding hydrogens is 358 g/mol. The van der Waals surface area contributed by atoms with Gasteiger partial charge in [0.15, 0.2) is 5.82 Å². The van der Waals surface area contributed by atoms with Crippen LogP contribution in [0.25, 0.3) is 0 Å². The standard InChI is InChI=1S/C19H25N7O2/c27-18-11-16(14-7-3-4-8-15(14)20-18)21-19(28)13-26-17(22-23-24-26)12-25-9-5-1-2-6-10-25/h3-4,7-8,16H,1-2,5-6,9-13H2,(H,20,27)(H,21,28). The second-order valence-electron chi connectivity index (χ2n) is 7.40. The summed E-state index contributed by atoms with van der Waals surface area (Å²) in [5, 5.41) is 17.6. The van der Waals surface area contributed by atoms with Crippen molar-refractivity contribution < 1.29 is 9.59 Å². The second kappa shape index (κ2) is 8.47. The van der Waals surface area contributed by atoms with Gasteiger partial charge in [0.2, 0.25) is 11.8 Å². The maximum Gasteiger partial charge on any atom is 0.242 e. The maximum atomic E-state index is 12.6. The van der Waals surface area contributed by atoms with Crippen molar-refractivity contribution >= 4 is 17.5 Å². The smallest absolute Gasteiger partial charge is 0.242 e. The summed E-state index contributed by atoms with van der Waals surface area (Å²) in [4.78, 5) is 26.9. The van der Waals surface area contributed by atoms with Crippen molar-refractivity contribution in [2.75, 3.05) is 18.4 Å². The number of anilines is 1. The molecule has 1 unspecified atom stereocenters. The topological polar surface area (TPSA) is 105 Å². The lowest BCUT2D eigenvalue weighted by atomic mass is 9.97. The number of fused-ring (bicyclic) bond motifs is 1. The molecule has 2 N–H and O–H groups in total. The van der Waals surface area contributed by atoms with Gasteiger partial charge < -0.3 is 10.6 Å². The molecule has 0 radical (unpaired) electrons. The molecule has 3 heterocycles. The van der Waals surface area contributed by atoms with Crippen LogP contribution in [0.15, 0.2) is 24.3 Å². The van der Waals surface area contributed by atoms with E-state index >= 15 is 0 Å². The van der Waals surface area contributed by atoms with Gasteiger partial charge in [0, 0.05) is 5.69 Å². The Morgan fingerprint density at radius 3 is 2.79 bits per heavy atom. The Labute approximate surface area is 163 Å². The normalized spacial score (nSPS) is 20.1. The number of para-hydroxylation sites is 1. The van der Waals surface area contributed by atoms with Gasteiger partial charge in [0.05, 0.1) is 19.0 Å². The number of nitrogens with zero attached hydrogens (tertiary/aromatic N) is 5. The Balaban J connectivity index is 1.40. The van der Waals surface area contributed by atoms with Crippen LogP contribution in [0.5, 0.6) is 0 Å². The van der Waals surface area contributed by atoms with Gasteiger partial charge in [-0.2, -0.15) is 0 Å². The lowest BCUT2D eigenvalue weighted by Crippen LogP contribution is -2.37. The highest BCUT2D eigenvalue weighted by Crippen LogP contribution is 2.29. The minimum absolute atomic E-state index is 0.0382. The SMILES string of the molecule is O=C1CC(NC(=O)Cn2nnnc2CN2CCCCCC2)c2ccccc2N1. The van der Waals surface area contributed by atoms with Crippen LogP contribution < -0.4 is 10.6 Å². The molecule has 2 aliphatic rings. The van der Waals surface area contributed by atoms with Crippen LogP contribution in [0.3, 0.4) is 0 Å². The molecule has 1 aromatic carbocycles. The van der Waals surface area contributed by atoms with Gasteiger partial charge in [0.25, 0.3) is 0 Å². The lowest BCUT2D eigenvalue weighted by molar-refractivity contribution is -0.123. The van der Waals surface area contributed by atoms with Gasteiger partial charge in [-0.1, -0.05) is 31.0 Å². The number of rotatable bonds is 5. The number of hydrogen-bond acceptors (Lipinski definition) is 6. The van der Waals surface area contributed by atoms with Crippen LogP contribution in [-0.4, -0.2) is 50.0 Å². The number of carbonyl (C=O) groups is 2. The number of amides is 2. The summed E-state index contributed by atoms with van der Waals surface area (Å²) in [6, 6.07) is 7.17. The van der Waals surface area contributed by atoms with Crippen molar-refractivity contribution in [3.63, 3.8) is 0 Å². The Kier molecular flexibility index (Phi) is 5.61. The molecule has 1 atom stereocenters. The van der Waals surface area contributed by atoms with E-state index in [1.54, 1.807) is 4.68 Å². The molecule has 9 nitrogen and oxygen atoms in total. The summed E-state index contributed by atoms with van der Waals surface area (Å²) in [6.07, 6.45) is 5.12. The summed E-state index contributed by atoms with van der Waals surface area (Å²) < 4.78 is 1.55. The predicted molar refractivity (Wildman–Crippen MR) is 102 cm³/mol. The van der Waals surface area contributed by atoms with Gasteiger partial charge in [-0.25, -0.2) is 4.68 Å². The third-order valence-electron chi connectivity index (χ3n) is 5.30. The van der Waals surface area contributed by atoms with E-state index in [1.807, 2.05) is 24.3 Å². The number of aromatic nitrogens is 4. The molecule has 2 amide bonds. The van der Waals surface area contributed by atoms with Crippen LogP contribution in [0.1, 0.15) is 49.5 Å². The summed E-state index contributed by atoms with van der Waals surface area (Å²) in [5.41, 5.74) is 1.66. The summed E-state index contributed by atoms with van der Waals surface area (Å²) in [6.45, 7) is 2.76. The van der Waals surface area contributed by atoms with Crippen LogP contribution in [0.2, 0.25) is 0 Å². The molecule has 148 valence electrons. The van der Waals surface area contributed by atoms with Crippen molar-refractivity contribution in [2.24, 2.45) is 0 Å². The van der Waals surface area contributed by atoms with Gasteiger partial charge in [0.1, 0.15) is 6.54 Å². The van der Waals surface area contributed by atoms with Gasteiger partial charge in [-0.15, -0.1) is 5.10 Å². The number of benzene rings is 1. The largest absolute Gasteiger partial charge is 0.347 e. The van der Waals surface area contributed by atoms with Crippen LogP contribution in [-0.2, 0) is 22.7 Å². The first-order valence-corrected chi connectivity index (χ1v) is 9.84. The van der Waals surface area contributed by atoms with Crippen molar-refractivity contribution in [3.05, 3.63) is 35.7 Å². The number of carbonyl (C=O) groups excluding carboxylic acids is 2. The zero-order valence-corrected chi connectivity index (χ0v) is 15.8. The average molecular weight is 383 g/mol. The first-order chi connectivity index (χ1) is 13.7. The fourth-order valence-electron chi connectivity index (χ4n) is 3.87. The highest BCUT2D eigenvalue weighted by atomic mass is 16.2. The molecule has 1 aromatic heterocycles. The van der Waals surface area contributed by atoms with E-state index in [-0.39, 0.29) is 30.8 Å². The van der Waals surface area contributed by atoms with E-state index < -0.39 is 0 Å². The van der Waals surface area contributed by atoms with E-state index in [2.05, 4.69) is 31.1 Å². The molecule has 0 aliphatic carbocycles. The van der Waals surface area contributed by atoms with Gasteiger partial charge in [-0.3, -0.25) is 14.5 Å². The van der Waals surface area contributed by atoms with Crippen molar-refractivity contribution in [1.82, 2.24) is 30.4 Å². The molecule has 1 saturated heterocycles. The zero-order valence-electron chi connectivity index (χ0n) is 15.8. The van der Waals surface area contributed by atoms with E-state index in [9.17, 15) is 9.59 Å². The first-order valence-electron chi connectivity index (χ1n) is 9.84. The summed E-state index contributed by atoms with van der Waals surface area (Å²) in [5.74, 6) is 0.381. The fraction of sp³-hybridized carbons (Fsp3) is 0.526. The molecular formula is C19H25N7O2. The molecule has 28 heavy (non-hydrogen) atoms. The third kappa shape index (κ3) is 4.36. The van der Waals surface area contributed by atoms with Crippen molar-refractivity contribution in [2.45, 2.75) is 51.2 Å². The minimum Gasteiger partial charge on any atom is -0.347 e. The predicted octanol–water partition coefficient (Wildman–Crippen LogP) is 1.25. The minimum atomic E-state index is -0.344. The molecule has 1 fully saturated rings. The van der Waals surface area contributed by atoms with E-state index in [0.717, 1.165) is 24.3 Å². The number of tetrazole rings is 1. The third-order valence-corrected chi connectivity index (χ3v) is 5.30. The zero-order chi connectivity index (χ0) is 19.3. The van der Waals surface area contributed by atoms with Crippen LogP contribution >= 0.6 is 0 Å². The lowest BCUT2D eigenvalue weighted by Gasteiger charge is -2.26. The number of hydrogen-bond donors (Lipinski definition) is 2. The first kappa shape index (κ1) is 18.5. The second-order valence-corrected chi connectivity index (χ2v) is 7.40. The highest BCUT2D eigenvalue weighted by Gasteiger charge is 2.26. The van der Waals surface area contributed by atoms with E-state index in [1.165, 1.54) is 25.7 Å². The molecule has 0 spiro atoms. The van der Waals surface area contributed by atoms with Crippen molar-refractivity contribution in [3.8, 4) is 0 Å². The van der Waals surface area contributed by atoms with E-state index in [4.69, 9.17) is 0 Å². The summed E-state index contributed by atoms with van der Waals surface area (Å²) in [7, 11) is 0. The van der Waals surface area contributed by atoms with Crippen LogP contribution in [0, 0.1) is 0 Å². The molecule has 2 aliphatic heterocycles. The monoisotopic (exact) mass is 383 g/mol. The number of nitrogens with one attached hydrogen (secondary N) is 2. The van der Waals surface area contributed by atoms with Gasteiger partial charge in [-0.05, 0) is 48.0 Å². The Bertz CT molecular complexity index is 842. The number of likely N-dealkylation sites (tertiary alicyclic amines) is 1. The maximum absolute atomic E-state index is 12.6.